The quantitative estimate of drug-likeness (QED) is 0.768. The summed E-state index contributed by atoms with van der Waals surface area (Å²) in [6, 6.07) is 9.92. The maximum Gasteiger partial charge on any atom is 0.225 e. The van der Waals surface area contributed by atoms with Crippen LogP contribution in [0.5, 0.6) is 0 Å². The highest BCUT2D eigenvalue weighted by atomic mass is 16.5. The van der Waals surface area contributed by atoms with Gasteiger partial charge in [0.1, 0.15) is 0 Å². The predicted octanol–water partition coefficient (Wildman–Crippen LogP) is 0.796. The van der Waals surface area contributed by atoms with Crippen LogP contribution < -0.4 is 0 Å². The molecule has 1 aliphatic rings. The summed E-state index contributed by atoms with van der Waals surface area (Å²) in [6.45, 7) is 2.06. The summed E-state index contributed by atoms with van der Waals surface area (Å²) in [5.74, 6) is 0.0146. The number of carbonyl (C=O) groups is 1. The molecular weight excluding hydrogens is 218 g/mol. The minimum absolute atomic E-state index is 0.0146. The van der Waals surface area contributed by atoms with Gasteiger partial charge in [-0.25, -0.2) is 0 Å². The number of aliphatic hydroxyl groups is 1. The summed E-state index contributed by atoms with van der Waals surface area (Å²) >= 11 is 0. The lowest BCUT2D eigenvalue weighted by Crippen LogP contribution is -2.29. The fraction of sp³-hybridized carbons (Fsp3) is 0.462. The van der Waals surface area contributed by atoms with Gasteiger partial charge in [-0.1, -0.05) is 30.3 Å². The number of likely N-dealkylation sites (tertiary alicyclic amines) is 1. The van der Waals surface area contributed by atoms with Crippen LogP contribution in [-0.2, 0) is 16.1 Å². The zero-order chi connectivity index (χ0) is 12.1. The summed E-state index contributed by atoms with van der Waals surface area (Å²) in [5, 5.41) is 9.30. The molecule has 0 radical (unpaired) electrons. The van der Waals surface area contributed by atoms with Gasteiger partial charge in [0.15, 0.2) is 0 Å². The molecule has 17 heavy (non-hydrogen) atoms. The molecular formula is C13H17NO3. The standard InChI is InChI=1S/C13H17NO3/c15-12-8-13(16)14(9-12)6-7-17-10-11-4-2-1-3-5-11/h1-5,12,15H,6-10H2/t12-/m0/s1. The number of ether oxygens (including phenoxy) is 1. The van der Waals surface area contributed by atoms with Gasteiger partial charge in [-0.2, -0.15) is 0 Å². The number of nitrogens with zero attached hydrogens (tertiary/aromatic N) is 1. The van der Waals surface area contributed by atoms with Gasteiger partial charge in [0.25, 0.3) is 0 Å². The fourth-order valence-corrected chi connectivity index (χ4v) is 1.91. The molecule has 0 spiro atoms. The Morgan fingerprint density at radius 3 is 2.76 bits per heavy atom. The molecule has 4 heteroatoms. The van der Waals surface area contributed by atoms with E-state index in [1.807, 2.05) is 30.3 Å². The van der Waals surface area contributed by atoms with E-state index >= 15 is 0 Å². The van der Waals surface area contributed by atoms with Crippen molar-refractivity contribution in [2.24, 2.45) is 0 Å². The van der Waals surface area contributed by atoms with E-state index in [9.17, 15) is 9.90 Å². The summed E-state index contributed by atoms with van der Waals surface area (Å²) in [4.78, 5) is 13.0. The van der Waals surface area contributed by atoms with Gasteiger partial charge in [-0.05, 0) is 5.56 Å². The van der Waals surface area contributed by atoms with Crippen molar-refractivity contribution in [1.29, 1.82) is 0 Å². The van der Waals surface area contributed by atoms with E-state index in [1.54, 1.807) is 4.90 Å². The van der Waals surface area contributed by atoms with Crippen LogP contribution in [0.3, 0.4) is 0 Å². The zero-order valence-electron chi connectivity index (χ0n) is 9.71. The molecule has 4 nitrogen and oxygen atoms in total. The van der Waals surface area contributed by atoms with Crippen LogP contribution in [0.25, 0.3) is 0 Å². The highest BCUT2D eigenvalue weighted by Gasteiger charge is 2.27. The van der Waals surface area contributed by atoms with Gasteiger partial charge < -0.3 is 14.7 Å². The molecule has 1 heterocycles. The molecule has 1 N–H and O–H groups in total. The second-order valence-corrected chi connectivity index (χ2v) is 4.24. The predicted molar refractivity (Wildman–Crippen MR) is 63.3 cm³/mol. The molecule has 0 bridgehead atoms. The van der Waals surface area contributed by atoms with Crippen molar-refractivity contribution in [3.63, 3.8) is 0 Å². The van der Waals surface area contributed by atoms with Crippen molar-refractivity contribution in [3.05, 3.63) is 35.9 Å². The Bertz CT molecular complexity index is 366. The summed E-state index contributed by atoms with van der Waals surface area (Å²) in [5.41, 5.74) is 1.13. The molecule has 1 amide bonds. The van der Waals surface area contributed by atoms with Crippen molar-refractivity contribution in [3.8, 4) is 0 Å². The van der Waals surface area contributed by atoms with E-state index in [4.69, 9.17) is 4.74 Å². The number of rotatable bonds is 5. The second-order valence-electron chi connectivity index (χ2n) is 4.24. The van der Waals surface area contributed by atoms with E-state index in [0.29, 0.717) is 26.3 Å². The molecule has 0 saturated carbocycles. The third-order valence-electron chi connectivity index (χ3n) is 2.81. The normalized spacial score (nSPS) is 19.9. The molecule has 1 saturated heterocycles. The Kier molecular flexibility index (Phi) is 4.12. The number of hydrogen-bond donors (Lipinski definition) is 1. The molecule has 1 aliphatic heterocycles. The lowest BCUT2D eigenvalue weighted by Gasteiger charge is -2.15. The second kappa shape index (κ2) is 5.80. The number of carbonyl (C=O) groups excluding carboxylic acids is 1. The number of benzene rings is 1. The van der Waals surface area contributed by atoms with Crippen LogP contribution in [0.2, 0.25) is 0 Å². The monoisotopic (exact) mass is 235 g/mol. The van der Waals surface area contributed by atoms with Gasteiger partial charge in [-0.15, -0.1) is 0 Å². The Hall–Kier alpha value is -1.39. The highest BCUT2D eigenvalue weighted by molar-refractivity contribution is 5.78. The van der Waals surface area contributed by atoms with Crippen LogP contribution in [0.4, 0.5) is 0 Å². The average molecular weight is 235 g/mol. The SMILES string of the molecule is O=C1C[C@H](O)CN1CCOCc1ccccc1. The van der Waals surface area contributed by atoms with E-state index in [-0.39, 0.29) is 12.3 Å². The summed E-state index contributed by atoms with van der Waals surface area (Å²) in [6.07, 6.45) is -0.254. The first-order valence-electron chi connectivity index (χ1n) is 5.83. The van der Waals surface area contributed by atoms with Crippen molar-refractivity contribution in [2.75, 3.05) is 19.7 Å². The first kappa shape index (κ1) is 12.1. The molecule has 1 fully saturated rings. The van der Waals surface area contributed by atoms with Crippen LogP contribution in [-0.4, -0.2) is 41.7 Å². The molecule has 1 atom stereocenters. The molecule has 0 aliphatic carbocycles. The third-order valence-corrected chi connectivity index (χ3v) is 2.81. The van der Waals surface area contributed by atoms with Crippen LogP contribution in [0.1, 0.15) is 12.0 Å². The lowest BCUT2D eigenvalue weighted by atomic mass is 10.2. The number of amides is 1. The summed E-state index contributed by atoms with van der Waals surface area (Å²) < 4.78 is 5.49. The van der Waals surface area contributed by atoms with Gasteiger partial charge in [0, 0.05) is 13.1 Å². The highest BCUT2D eigenvalue weighted by Crippen LogP contribution is 2.10. The van der Waals surface area contributed by atoms with Gasteiger partial charge in [-0.3, -0.25) is 4.79 Å². The van der Waals surface area contributed by atoms with Gasteiger partial charge in [0.05, 0.1) is 25.7 Å². The van der Waals surface area contributed by atoms with Crippen LogP contribution in [0, 0.1) is 0 Å². The first-order valence-corrected chi connectivity index (χ1v) is 5.83. The Morgan fingerprint density at radius 2 is 2.12 bits per heavy atom. The Morgan fingerprint density at radius 1 is 1.35 bits per heavy atom. The van der Waals surface area contributed by atoms with Crippen molar-refractivity contribution >= 4 is 5.91 Å². The first-order chi connectivity index (χ1) is 8.25. The van der Waals surface area contributed by atoms with Gasteiger partial charge >= 0.3 is 0 Å². The molecule has 1 aromatic rings. The van der Waals surface area contributed by atoms with Gasteiger partial charge in [0.2, 0.25) is 5.91 Å². The number of β-amino-alcohol motifs (C(OH)–C–C–N with tert-alkyl or cyclic N) is 1. The van der Waals surface area contributed by atoms with E-state index < -0.39 is 6.10 Å². The third kappa shape index (κ3) is 3.54. The fourth-order valence-electron chi connectivity index (χ4n) is 1.91. The maximum atomic E-state index is 11.4. The minimum atomic E-state index is -0.503. The lowest BCUT2D eigenvalue weighted by molar-refractivity contribution is -0.128. The number of hydrogen-bond acceptors (Lipinski definition) is 3. The van der Waals surface area contributed by atoms with E-state index in [0.717, 1.165) is 5.56 Å². The largest absolute Gasteiger partial charge is 0.391 e. The summed E-state index contributed by atoms with van der Waals surface area (Å²) in [7, 11) is 0. The van der Waals surface area contributed by atoms with Crippen molar-refractivity contribution < 1.29 is 14.6 Å². The molecule has 1 aromatic carbocycles. The van der Waals surface area contributed by atoms with Crippen molar-refractivity contribution in [1.82, 2.24) is 4.90 Å². The van der Waals surface area contributed by atoms with Crippen molar-refractivity contribution in [2.45, 2.75) is 19.1 Å². The maximum absolute atomic E-state index is 11.4. The average Bonchev–Trinajstić information content (AvgIpc) is 2.65. The number of aliphatic hydroxyl groups excluding tert-OH is 1. The molecule has 2 rings (SSSR count). The van der Waals surface area contributed by atoms with Crippen LogP contribution in [0.15, 0.2) is 30.3 Å². The Balaban J connectivity index is 1.65. The Labute approximate surface area is 101 Å². The molecule has 92 valence electrons. The zero-order valence-corrected chi connectivity index (χ0v) is 9.71. The van der Waals surface area contributed by atoms with Crippen LogP contribution >= 0.6 is 0 Å². The van der Waals surface area contributed by atoms with E-state index in [2.05, 4.69) is 0 Å². The smallest absolute Gasteiger partial charge is 0.225 e. The minimum Gasteiger partial charge on any atom is -0.391 e. The molecule has 0 unspecified atom stereocenters. The molecule has 0 aromatic heterocycles. The topological polar surface area (TPSA) is 49.8 Å². The van der Waals surface area contributed by atoms with E-state index in [1.165, 1.54) is 0 Å².